The summed E-state index contributed by atoms with van der Waals surface area (Å²) in [6.07, 6.45) is 3.42. The van der Waals surface area contributed by atoms with Gasteiger partial charge in [-0.2, -0.15) is 0 Å². The Hall–Kier alpha value is -2.11. The first kappa shape index (κ1) is 15.3. The van der Waals surface area contributed by atoms with Crippen molar-refractivity contribution in [1.82, 2.24) is 10.3 Å². The molecule has 2 rings (SSSR count). The zero-order valence-electron chi connectivity index (χ0n) is 12.4. The van der Waals surface area contributed by atoms with E-state index in [0.29, 0.717) is 12.8 Å². The molecule has 114 valence electrons. The van der Waals surface area contributed by atoms with Gasteiger partial charge < -0.3 is 15.2 Å². The van der Waals surface area contributed by atoms with E-state index in [-0.39, 0.29) is 0 Å². The van der Waals surface area contributed by atoms with Crippen LogP contribution in [0, 0.1) is 5.92 Å². The number of carboxylic acids is 1. The molecule has 1 aliphatic rings. The Balaban J connectivity index is 2.16. The predicted molar refractivity (Wildman–Crippen MR) is 75.6 cm³/mol. The topological polar surface area (TPSA) is 88.5 Å². The minimum atomic E-state index is -0.842. The van der Waals surface area contributed by atoms with Gasteiger partial charge in [0.05, 0.1) is 11.5 Å². The van der Waals surface area contributed by atoms with Crippen LogP contribution in [0.15, 0.2) is 24.5 Å². The number of carbonyl (C=O) groups excluding carboxylic acids is 1. The number of pyridine rings is 1. The summed E-state index contributed by atoms with van der Waals surface area (Å²) in [5.41, 5.74) is -0.436. The maximum absolute atomic E-state index is 12.0. The van der Waals surface area contributed by atoms with Gasteiger partial charge in [-0.25, -0.2) is 4.79 Å². The molecule has 1 aromatic rings. The molecule has 0 radical (unpaired) electrons. The molecule has 21 heavy (non-hydrogen) atoms. The number of alkyl carbamates (subject to hydrolysis) is 1. The SMILES string of the molecule is CC(C)(C)OC(=O)NC1(c2ccncc2)CC(C(=O)O)C1. The number of hydrogen-bond donors (Lipinski definition) is 2. The van der Waals surface area contributed by atoms with Gasteiger partial charge in [0, 0.05) is 12.4 Å². The molecule has 6 heteroatoms. The van der Waals surface area contributed by atoms with Crippen molar-refractivity contribution in [2.75, 3.05) is 0 Å². The van der Waals surface area contributed by atoms with Crippen LogP contribution in [0.3, 0.4) is 0 Å². The highest BCUT2D eigenvalue weighted by atomic mass is 16.6. The number of aliphatic carboxylic acids is 1. The van der Waals surface area contributed by atoms with Gasteiger partial charge in [0.15, 0.2) is 0 Å². The average Bonchev–Trinajstić information content (AvgIpc) is 2.31. The van der Waals surface area contributed by atoms with Crippen LogP contribution in [-0.2, 0) is 15.1 Å². The van der Waals surface area contributed by atoms with Crippen LogP contribution in [-0.4, -0.2) is 27.8 Å². The maximum Gasteiger partial charge on any atom is 0.408 e. The van der Waals surface area contributed by atoms with Crippen LogP contribution in [0.25, 0.3) is 0 Å². The first-order valence-electron chi connectivity index (χ1n) is 6.86. The smallest absolute Gasteiger partial charge is 0.408 e. The van der Waals surface area contributed by atoms with Crippen molar-refractivity contribution >= 4 is 12.1 Å². The summed E-state index contributed by atoms with van der Waals surface area (Å²) < 4.78 is 5.27. The molecule has 0 aromatic carbocycles. The largest absolute Gasteiger partial charge is 0.481 e. The van der Waals surface area contributed by atoms with Crippen molar-refractivity contribution in [2.45, 2.75) is 44.8 Å². The summed E-state index contributed by atoms with van der Waals surface area (Å²) in [6, 6.07) is 3.57. The zero-order valence-corrected chi connectivity index (χ0v) is 12.4. The van der Waals surface area contributed by atoms with E-state index in [4.69, 9.17) is 9.84 Å². The van der Waals surface area contributed by atoms with E-state index >= 15 is 0 Å². The molecule has 0 spiro atoms. The number of carboxylic acid groups (broad SMARTS) is 1. The van der Waals surface area contributed by atoms with E-state index in [1.54, 1.807) is 45.3 Å². The van der Waals surface area contributed by atoms with Gasteiger partial charge in [0.1, 0.15) is 5.60 Å². The Bertz CT molecular complexity index is 530. The van der Waals surface area contributed by atoms with Gasteiger partial charge in [-0.15, -0.1) is 0 Å². The third kappa shape index (κ3) is 3.51. The fourth-order valence-corrected chi connectivity index (χ4v) is 2.54. The highest BCUT2D eigenvalue weighted by molar-refractivity contribution is 5.74. The number of ether oxygens (including phenoxy) is 1. The molecule has 1 saturated carbocycles. The number of nitrogens with zero attached hydrogens (tertiary/aromatic N) is 1. The Morgan fingerprint density at radius 2 is 1.90 bits per heavy atom. The predicted octanol–water partition coefficient (Wildman–Crippen LogP) is 2.30. The summed E-state index contributed by atoms with van der Waals surface area (Å²) in [6.45, 7) is 5.35. The van der Waals surface area contributed by atoms with Crippen molar-refractivity contribution in [3.05, 3.63) is 30.1 Å². The Morgan fingerprint density at radius 1 is 1.33 bits per heavy atom. The summed E-state index contributed by atoms with van der Waals surface area (Å²) in [5, 5.41) is 11.9. The lowest BCUT2D eigenvalue weighted by molar-refractivity contribution is -0.148. The minimum Gasteiger partial charge on any atom is -0.481 e. The molecule has 1 aromatic heterocycles. The Labute approximate surface area is 123 Å². The number of nitrogens with one attached hydrogen (secondary N) is 1. The molecular formula is C15H20N2O4. The third-order valence-corrected chi connectivity index (χ3v) is 3.51. The summed E-state index contributed by atoms with van der Waals surface area (Å²) in [5.74, 6) is -1.29. The van der Waals surface area contributed by atoms with Crippen LogP contribution >= 0.6 is 0 Å². The van der Waals surface area contributed by atoms with Crippen molar-refractivity contribution in [1.29, 1.82) is 0 Å². The monoisotopic (exact) mass is 292 g/mol. The Morgan fingerprint density at radius 3 is 2.38 bits per heavy atom. The number of rotatable bonds is 3. The standard InChI is InChI=1S/C15H20N2O4/c1-14(2,3)21-13(20)17-15(8-10(9-15)12(18)19)11-4-6-16-7-5-11/h4-7,10H,8-9H2,1-3H3,(H,17,20)(H,18,19). The molecule has 6 nitrogen and oxygen atoms in total. The molecule has 1 amide bonds. The highest BCUT2D eigenvalue weighted by Gasteiger charge is 2.50. The lowest BCUT2D eigenvalue weighted by Gasteiger charge is -2.46. The van der Waals surface area contributed by atoms with Gasteiger partial charge in [0.2, 0.25) is 0 Å². The lowest BCUT2D eigenvalue weighted by Crippen LogP contribution is -2.57. The second-order valence-electron chi connectivity index (χ2n) is 6.39. The molecule has 1 fully saturated rings. The Kier molecular flexibility index (Phi) is 3.89. The highest BCUT2D eigenvalue weighted by Crippen LogP contribution is 2.45. The normalized spacial score (nSPS) is 24.8. The first-order chi connectivity index (χ1) is 9.72. The zero-order chi connectivity index (χ0) is 15.7. The first-order valence-corrected chi connectivity index (χ1v) is 6.86. The summed E-state index contributed by atoms with van der Waals surface area (Å²) in [4.78, 5) is 27.0. The van der Waals surface area contributed by atoms with Gasteiger partial charge in [-0.3, -0.25) is 9.78 Å². The molecule has 1 aliphatic carbocycles. The van der Waals surface area contributed by atoms with E-state index in [9.17, 15) is 9.59 Å². The quantitative estimate of drug-likeness (QED) is 0.892. The lowest BCUT2D eigenvalue weighted by atomic mass is 9.65. The fraction of sp³-hybridized carbons (Fsp3) is 0.533. The average molecular weight is 292 g/mol. The number of hydrogen-bond acceptors (Lipinski definition) is 4. The van der Waals surface area contributed by atoms with Gasteiger partial charge in [0.25, 0.3) is 0 Å². The number of amides is 1. The molecule has 1 heterocycles. The van der Waals surface area contributed by atoms with Crippen LogP contribution in [0.4, 0.5) is 4.79 Å². The van der Waals surface area contributed by atoms with E-state index in [0.717, 1.165) is 5.56 Å². The maximum atomic E-state index is 12.0. The van der Waals surface area contributed by atoms with Gasteiger partial charge in [-0.05, 0) is 51.3 Å². The minimum absolute atomic E-state index is 0.353. The van der Waals surface area contributed by atoms with Crippen molar-refractivity contribution in [3.8, 4) is 0 Å². The van der Waals surface area contributed by atoms with Crippen LogP contribution in [0.2, 0.25) is 0 Å². The molecule has 0 aliphatic heterocycles. The van der Waals surface area contributed by atoms with E-state index in [1.165, 1.54) is 0 Å². The van der Waals surface area contributed by atoms with Crippen molar-refractivity contribution in [3.63, 3.8) is 0 Å². The van der Waals surface area contributed by atoms with Crippen molar-refractivity contribution < 1.29 is 19.4 Å². The summed E-state index contributed by atoms with van der Waals surface area (Å²) in [7, 11) is 0. The second kappa shape index (κ2) is 5.35. The molecule has 0 atom stereocenters. The number of carbonyl (C=O) groups is 2. The second-order valence-corrected chi connectivity index (χ2v) is 6.39. The van der Waals surface area contributed by atoms with Crippen molar-refractivity contribution in [2.24, 2.45) is 5.92 Å². The molecule has 0 saturated heterocycles. The molecule has 0 bridgehead atoms. The third-order valence-electron chi connectivity index (χ3n) is 3.51. The fourth-order valence-electron chi connectivity index (χ4n) is 2.54. The number of aromatic nitrogens is 1. The summed E-state index contributed by atoms with van der Waals surface area (Å²) >= 11 is 0. The van der Waals surface area contributed by atoms with E-state index < -0.39 is 29.1 Å². The molecular weight excluding hydrogens is 272 g/mol. The van der Waals surface area contributed by atoms with Crippen LogP contribution in [0.5, 0.6) is 0 Å². The molecule has 2 N–H and O–H groups in total. The van der Waals surface area contributed by atoms with Gasteiger partial charge >= 0.3 is 12.1 Å². The van der Waals surface area contributed by atoms with Gasteiger partial charge in [-0.1, -0.05) is 0 Å². The van der Waals surface area contributed by atoms with E-state index in [2.05, 4.69) is 10.3 Å². The molecule has 0 unspecified atom stereocenters. The van der Waals surface area contributed by atoms with Crippen LogP contribution in [0.1, 0.15) is 39.2 Å². The van der Waals surface area contributed by atoms with E-state index in [1.807, 2.05) is 0 Å². The van der Waals surface area contributed by atoms with Crippen LogP contribution < -0.4 is 5.32 Å².